The van der Waals surface area contributed by atoms with Crippen LogP contribution in [0.3, 0.4) is 0 Å². The van der Waals surface area contributed by atoms with E-state index >= 15 is 0 Å². The topological polar surface area (TPSA) is 15.3 Å². The molecule has 1 atom stereocenters. The summed E-state index contributed by atoms with van der Waals surface area (Å²) in [6.07, 6.45) is 5.64. The van der Waals surface area contributed by atoms with Crippen molar-refractivity contribution in [1.29, 1.82) is 0 Å². The SMILES string of the molecule is c1ccc2c(c1)CSCC2NCCN1CCCCCC1. The average molecular weight is 290 g/mol. The average Bonchev–Trinajstić information content (AvgIpc) is 2.76. The molecule has 2 aliphatic rings. The number of benzene rings is 1. The second-order valence-electron chi connectivity index (χ2n) is 5.98. The molecule has 0 amide bonds. The zero-order valence-corrected chi connectivity index (χ0v) is 13.1. The predicted octanol–water partition coefficient (Wildman–Crippen LogP) is 3.44. The highest BCUT2D eigenvalue weighted by Gasteiger charge is 2.19. The van der Waals surface area contributed by atoms with E-state index < -0.39 is 0 Å². The molecule has 3 heteroatoms. The standard InChI is InChI=1S/C17H26N2S/c1-2-6-11-19(10-5-1)12-9-18-17-14-20-13-15-7-3-4-8-16(15)17/h3-4,7-8,17-18H,1-2,5-6,9-14H2. The third-order valence-corrected chi connectivity index (χ3v) is 5.57. The Morgan fingerprint density at radius 1 is 1.10 bits per heavy atom. The summed E-state index contributed by atoms with van der Waals surface area (Å²) in [6.45, 7) is 4.94. The molecule has 1 aromatic rings. The summed E-state index contributed by atoms with van der Waals surface area (Å²) in [5.74, 6) is 2.40. The van der Waals surface area contributed by atoms with Crippen LogP contribution in [0.15, 0.2) is 24.3 Å². The van der Waals surface area contributed by atoms with Crippen LogP contribution in [0.2, 0.25) is 0 Å². The first-order chi connectivity index (χ1) is 9.93. The van der Waals surface area contributed by atoms with E-state index in [2.05, 4.69) is 46.2 Å². The molecule has 3 rings (SSSR count). The molecule has 0 bridgehead atoms. The van der Waals surface area contributed by atoms with Gasteiger partial charge in [-0.2, -0.15) is 11.8 Å². The van der Waals surface area contributed by atoms with Gasteiger partial charge in [0.15, 0.2) is 0 Å². The molecule has 1 unspecified atom stereocenters. The van der Waals surface area contributed by atoms with Crippen LogP contribution in [0.25, 0.3) is 0 Å². The lowest BCUT2D eigenvalue weighted by Gasteiger charge is -2.27. The van der Waals surface area contributed by atoms with Crippen molar-refractivity contribution >= 4 is 11.8 Å². The largest absolute Gasteiger partial charge is 0.308 e. The monoisotopic (exact) mass is 290 g/mol. The Bertz CT molecular complexity index is 413. The lowest BCUT2D eigenvalue weighted by Crippen LogP contribution is -2.36. The highest BCUT2D eigenvalue weighted by Crippen LogP contribution is 2.31. The minimum atomic E-state index is 0.553. The number of nitrogens with zero attached hydrogens (tertiary/aromatic N) is 1. The number of thioether (sulfide) groups is 1. The Balaban J connectivity index is 1.49. The number of rotatable bonds is 4. The highest BCUT2D eigenvalue weighted by molar-refractivity contribution is 7.98. The lowest BCUT2D eigenvalue weighted by atomic mass is 10.0. The normalized spacial score (nSPS) is 24.1. The minimum Gasteiger partial charge on any atom is -0.308 e. The van der Waals surface area contributed by atoms with E-state index in [-0.39, 0.29) is 0 Å². The molecule has 0 saturated carbocycles. The number of fused-ring (bicyclic) bond motifs is 1. The van der Waals surface area contributed by atoms with Gasteiger partial charge in [-0.15, -0.1) is 0 Å². The van der Waals surface area contributed by atoms with E-state index in [1.807, 2.05) is 0 Å². The van der Waals surface area contributed by atoms with Crippen LogP contribution >= 0.6 is 11.8 Å². The summed E-state index contributed by atoms with van der Waals surface area (Å²) in [5, 5.41) is 3.78. The molecule has 1 aromatic carbocycles. The highest BCUT2D eigenvalue weighted by atomic mass is 32.2. The van der Waals surface area contributed by atoms with E-state index in [0.29, 0.717) is 6.04 Å². The van der Waals surface area contributed by atoms with Crippen molar-refractivity contribution in [3.8, 4) is 0 Å². The molecule has 2 heterocycles. The molecule has 0 radical (unpaired) electrons. The minimum absolute atomic E-state index is 0.553. The number of likely N-dealkylation sites (tertiary alicyclic amines) is 1. The van der Waals surface area contributed by atoms with E-state index in [9.17, 15) is 0 Å². The first kappa shape index (κ1) is 14.4. The smallest absolute Gasteiger partial charge is 0.0415 e. The third-order valence-electron chi connectivity index (χ3n) is 4.49. The van der Waals surface area contributed by atoms with Crippen LogP contribution in [-0.4, -0.2) is 36.8 Å². The van der Waals surface area contributed by atoms with Gasteiger partial charge in [0.2, 0.25) is 0 Å². The van der Waals surface area contributed by atoms with Crippen LogP contribution in [0.4, 0.5) is 0 Å². The van der Waals surface area contributed by atoms with Crippen molar-refractivity contribution in [2.24, 2.45) is 0 Å². The maximum Gasteiger partial charge on any atom is 0.0415 e. The van der Waals surface area contributed by atoms with E-state index in [1.54, 1.807) is 0 Å². The van der Waals surface area contributed by atoms with Crippen LogP contribution < -0.4 is 5.32 Å². The van der Waals surface area contributed by atoms with Crippen molar-refractivity contribution in [2.45, 2.75) is 37.5 Å². The zero-order chi connectivity index (χ0) is 13.6. The van der Waals surface area contributed by atoms with E-state index in [4.69, 9.17) is 0 Å². The van der Waals surface area contributed by atoms with Crippen molar-refractivity contribution in [3.05, 3.63) is 35.4 Å². The Morgan fingerprint density at radius 3 is 2.75 bits per heavy atom. The maximum absolute atomic E-state index is 3.78. The fraction of sp³-hybridized carbons (Fsp3) is 0.647. The molecule has 0 aliphatic carbocycles. The molecule has 2 nitrogen and oxygen atoms in total. The fourth-order valence-electron chi connectivity index (χ4n) is 3.31. The Labute approximate surface area is 127 Å². The molecule has 2 aliphatic heterocycles. The third kappa shape index (κ3) is 3.78. The second kappa shape index (κ2) is 7.48. The predicted molar refractivity (Wildman–Crippen MR) is 88.3 cm³/mol. The number of nitrogens with one attached hydrogen (secondary N) is 1. The van der Waals surface area contributed by atoms with Gasteiger partial charge >= 0.3 is 0 Å². The zero-order valence-electron chi connectivity index (χ0n) is 12.3. The summed E-state index contributed by atoms with van der Waals surface area (Å²) in [5.41, 5.74) is 3.05. The lowest BCUT2D eigenvalue weighted by molar-refractivity contribution is 0.280. The Kier molecular flexibility index (Phi) is 5.40. The molecule has 20 heavy (non-hydrogen) atoms. The molecule has 1 N–H and O–H groups in total. The van der Waals surface area contributed by atoms with Gasteiger partial charge in [0.1, 0.15) is 0 Å². The van der Waals surface area contributed by atoms with Crippen molar-refractivity contribution in [1.82, 2.24) is 10.2 Å². The Hall–Kier alpha value is -0.510. The van der Waals surface area contributed by atoms with E-state index in [1.165, 1.54) is 68.0 Å². The van der Waals surface area contributed by atoms with Gasteiger partial charge in [-0.25, -0.2) is 0 Å². The van der Waals surface area contributed by atoms with E-state index in [0.717, 1.165) is 6.54 Å². The van der Waals surface area contributed by atoms with Crippen LogP contribution in [0, 0.1) is 0 Å². The molecule has 0 aromatic heterocycles. The van der Waals surface area contributed by atoms with Gasteiger partial charge < -0.3 is 10.2 Å². The van der Waals surface area contributed by atoms with Crippen molar-refractivity contribution in [2.75, 3.05) is 31.9 Å². The second-order valence-corrected chi connectivity index (χ2v) is 7.01. The summed E-state index contributed by atoms with van der Waals surface area (Å²) < 4.78 is 0. The molecular weight excluding hydrogens is 264 g/mol. The van der Waals surface area contributed by atoms with Gasteiger partial charge in [0, 0.05) is 30.6 Å². The fourth-order valence-corrected chi connectivity index (χ4v) is 4.44. The van der Waals surface area contributed by atoms with Crippen LogP contribution in [0.1, 0.15) is 42.9 Å². The maximum atomic E-state index is 3.78. The summed E-state index contributed by atoms with van der Waals surface area (Å²) in [7, 11) is 0. The van der Waals surface area contributed by atoms with Crippen LogP contribution in [0.5, 0.6) is 0 Å². The molecule has 0 spiro atoms. The molecule has 110 valence electrons. The van der Waals surface area contributed by atoms with Crippen molar-refractivity contribution in [3.63, 3.8) is 0 Å². The summed E-state index contributed by atoms with van der Waals surface area (Å²) >= 11 is 2.06. The van der Waals surface area contributed by atoms with Crippen LogP contribution in [-0.2, 0) is 5.75 Å². The molecule has 1 fully saturated rings. The number of hydrogen-bond acceptors (Lipinski definition) is 3. The number of hydrogen-bond donors (Lipinski definition) is 1. The van der Waals surface area contributed by atoms with Crippen molar-refractivity contribution < 1.29 is 0 Å². The Morgan fingerprint density at radius 2 is 1.90 bits per heavy atom. The molecular formula is C17H26N2S. The molecule has 1 saturated heterocycles. The van der Waals surface area contributed by atoms with Gasteiger partial charge in [-0.05, 0) is 37.1 Å². The van der Waals surface area contributed by atoms with Gasteiger partial charge in [0.25, 0.3) is 0 Å². The first-order valence-electron chi connectivity index (χ1n) is 8.05. The quantitative estimate of drug-likeness (QED) is 0.914. The summed E-state index contributed by atoms with van der Waals surface area (Å²) in [6, 6.07) is 9.48. The summed E-state index contributed by atoms with van der Waals surface area (Å²) in [4.78, 5) is 2.64. The first-order valence-corrected chi connectivity index (χ1v) is 9.20. The van der Waals surface area contributed by atoms with Gasteiger partial charge in [-0.1, -0.05) is 37.1 Å². The van der Waals surface area contributed by atoms with Gasteiger partial charge in [0.05, 0.1) is 0 Å². The van der Waals surface area contributed by atoms with Gasteiger partial charge in [-0.3, -0.25) is 0 Å².